The molecule has 1 atom stereocenters. The van der Waals surface area contributed by atoms with Crippen LogP contribution in [0.15, 0.2) is 29.3 Å². The molecule has 180 valence electrons. The fourth-order valence-electron chi connectivity index (χ4n) is 3.83. The van der Waals surface area contributed by atoms with Crippen molar-refractivity contribution < 1.29 is 31.4 Å². The Morgan fingerprint density at radius 3 is 2.47 bits per heavy atom. The molecule has 1 unspecified atom stereocenters. The topological polar surface area (TPSA) is 102 Å². The molecule has 1 aromatic carbocycles. The number of nitrogen functional groups attached to an aromatic ring is 1. The summed E-state index contributed by atoms with van der Waals surface area (Å²) >= 11 is 0. The monoisotopic (exact) mass is 484 g/mol. The van der Waals surface area contributed by atoms with E-state index in [1.165, 1.54) is 25.3 Å². The first-order valence-electron chi connectivity index (χ1n) is 10.0. The van der Waals surface area contributed by atoms with Gasteiger partial charge in [-0.2, -0.15) is 26.3 Å². The summed E-state index contributed by atoms with van der Waals surface area (Å²) in [6, 6.07) is 4.04. The molecule has 0 aliphatic carbocycles. The molecular weight excluding hydrogens is 466 g/mol. The van der Waals surface area contributed by atoms with Crippen LogP contribution in [0.5, 0.6) is 5.75 Å². The van der Waals surface area contributed by atoms with Gasteiger partial charge < -0.3 is 15.4 Å². The summed E-state index contributed by atoms with van der Waals surface area (Å²) in [4.78, 5) is 8.49. The number of hydrogen-bond acceptors (Lipinski definition) is 6. The van der Waals surface area contributed by atoms with Crippen LogP contribution >= 0.6 is 0 Å². The Hall–Kier alpha value is -3.64. The summed E-state index contributed by atoms with van der Waals surface area (Å²) in [5.74, 6) is -1.42. The van der Waals surface area contributed by atoms with Crippen molar-refractivity contribution in [2.75, 3.05) is 5.73 Å². The number of nitrogens with two attached hydrogens (primary N) is 1. The minimum Gasteiger partial charge on any atom is -0.507 e. The number of anilines is 1. The molecule has 34 heavy (non-hydrogen) atoms. The van der Waals surface area contributed by atoms with E-state index in [1.54, 1.807) is 0 Å². The Morgan fingerprint density at radius 2 is 1.85 bits per heavy atom. The third-order valence-corrected chi connectivity index (χ3v) is 5.46. The van der Waals surface area contributed by atoms with Crippen LogP contribution in [0.3, 0.4) is 0 Å². The molecule has 4 rings (SSSR count). The highest BCUT2D eigenvalue weighted by Crippen LogP contribution is 2.38. The Morgan fingerprint density at radius 1 is 1.12 bits per heavy atom. The highest BCUT2D eigenvalue weighted by atomic mass is 19.4. The largest absolute Gasteiger partial charge is 0.507 e. The summed E-state index contributed by atoms with van der Waals surface area (Å²) < 4.78 is 79.2. The molecule has 1 aliphatic rings. The molecule has 13 heteroatoms. The predicted molar refractivity (Wildman–Crippen MR) is 110 cm³/mol. The van der Waals surface area contributed by atoms with Crippen LogP contribution < -0.4 is 5.73 Å². The third-order valence-electron chi connectivity index (χ3n) is 5.46. The molecule has 0 bridgehead atoms. The lowest BCUT2D eigenvalue weighted by atomic mass is 10.00. The molecule has 0 amide bonds. The maximum Gasteiger partial charge on any atom is 0.451 e. The minimum absolute atomic E-state index is 0.00303. The average Bonchev–Trinajstić information content (AvgIpc) is 3.16. The zero-order valence-electron chi connectivity index (χ0n) is 17.6. The van der Waals surface area contributed by atoms with Crippen LogP contribution in [0.1, 0.15) is 34.8 Å². The van der Waals surface area contributed by atoms with Gasteiger partial charge in [0, 0.05) is 30.3 Å². The van der Waals surface area contributed by atoms with Crippen molar-refractivity contribution in [3.05, 3.63) is 52.6 Å². The first-order valence-corrected chi connectivity index (χ1v) is 10.0. The van der Waals surface area contributed by atoms with Crippen molar-refractivity contribution in [1.29, 1.82) is 0 Å². The van der Waals surface area contributed by atoms with E-state index in [1.807, 2.05) is 0 Å². The fourth-order valence-corrected chi connectivity index (χ4v) is 3.83. The summed E-state index contributed by atoms with van der Waals surface area (Å²) in [5, 5.41) is 17.0. The molecule has 0 radical (unpaired) electrons. The number of rotatable bonds is 3. The number of aromatic nitrogens is 4. The maximum atomic E-state index is 13.1. The highest BCUT2D eigenvalue weighted by molar-refractivity contribution is 5.87. The molecule has 0 spiro atoms. The summed E-state index contributed by atoms with van der Waals surface area (Å²) in [7, 11) is 0. The first-order chi connectivity index (χ1) is 15.8. The van der Waals surface area contributed by atoms with E-state index in [-0.39, 0.29) is 41.4 Å². The molecule has 7 nitrogen and oxygen atoms in total. The van der Waals surface area contributed by atoms with Gasteiger partial charge in [0.05, 0.1) is 17.3 Å². The molecule has 3 aromatic rings. The molecule has 0 saturated carbocycles. The van der Waals surface area contributed by atoms with Gasteiger partial charge in [-0.05, 0) is 43.2 Å². The summed E-state index contributed by atoms with van der Waals surface area (Å²) in [5.41, 5.74) is 5.80. The van der Waals surface area contributed by atoms with Gasteiger partial charge in [-0.3, -0.25) is 4.99 Å². The normalized spacial score (nSPS) is 16.7. The molecule has 1 aliphatic heterocycles. The maximum absolute atomic E-state index is 13.1. The third kappa shape index (κ3) is 4.54. The number of hydrogen-bond donors (Lipinski definition) is 2. The number of fused-ring (bicyclic) bond motifs is 1. The number of benzene rings is 1. The fraction of sp³-hybridized carbons (Fsp3) is 0.333. The van der Waals surface area contributed by atoms with E-state index in [4.69, 9.17) is 5.73 Å². The molecule has 0 saturated heterocycles. The van der Waals surface area contributed by atoms with Crippen molar-refractivity contribution in [1.82, 2.24) is 19.7 Å². The van der Waals surface area contributed by atoms with Gasteiger partial charge in [0.2, 0.25) is 5.82 Å². The van der Waals surface area contributed by atoms with Crippen LogP contribution in [0.25, 0.3) is 11.3 Å². The lowest BCUT2D eigenvalue weighted by Crippen LogP contribution is -2.27. The SMILES string of the molecule is Cc1cc(C(F)(F)F)cc(O)c1-c1ccc(C=NC2CCc3nnc(C(F)(F)F)n3C2)c(N)n1. The standard InChI is InChI=1S/C21H18F6N6O/c1-10-6-12(20(22,23)24)7-15(34)17(10)14-4-2-11(18(28)30-14)8-29-13-3-5-16-31-32-19(21(25,26)27)33(16)9-13/h2,4,6-8,13,34H,3,5,9H2,1H3,(H2,28,30). The number of pyridine rings is 1. The van der Waals surface area contributed by atoms with Gasteiger partial charge in [0.15, 0.2) is 0 Å². The Labute approximate surface area is 189 Å². The van der Waals surface area contributed by atoms with Crippen molar-refractivity contribution in [2.24, 2.45) is 4.99 Å². The van der Waals surface area contributed by atoms with Gasteiger partial charge in [-0.1, -0.05) is 0 Å². The quantitative estimate of drug-likeness (QED) is 0.424. The van der Waals surface area contributed by atoms with Gasteiger partial charge in [0.1, 0.15) is 17.4 Å². The van der Waals surface area contributed by atoms with Crippen molar-refractivity contribution in [3.63, 3.8) is 0 Å². The van der Waals surface area contributed by atoms with E-state index in [9.17, 15) is 31.4 Å². The zero-order valence-corrected chi connectivity index (χ0v) is 17.6. The van der Waals surface area contributed by atoms with Crippen LogP contribution in [0.2, 0.25) is 0 Å². The van der Waals surface area contributed by atoms with Gasteiger partial charge in [0.25, 0.3) is 0 Å². The molecule has 0 fully saturated rings. The van der Waals surface area contributed by atoms with Crippen LogP contribution in [0.4, 0.5) is 32.2 Å². The summed E-state index contributed by atoms with van der Waals surface area (Å²) in [6.07, 6.45) is -7.09. The van der Waals surface area contributed by atoms with Gasteiger partial charge in [-0.25, -0.2) is 4.98 Å². The highest BCUT2D eigenvalue weighted by Gasteiger charge is 2.39. The second kappa shape index (κ2) is 8.29. The number of phenolic OH excluding ortho intramolecular Hbond substituents is 1. The predicted octanol–water partition coefficient (Wildman–Crippen LogP) is 4.41. The Kier molecular flexibility index (Phi) is 5.74. The number of aliphatic imine (C=N–C) groups is 1. The van der Waals surface area contributed by atoms with Crippen molar-refractivity contribution in [3.8, 4) is 17.0 Å². The summed E-state index contributed by atoms with van der Waals surface area (Å²) in [6.45, 7) is 1.37. The Balaban J connectivity index is 1.56. The molecular formula is C21H18F6N6O. The first kappa shape index (κ1) is 23.5. The second-order valence-corrected chi connectivity index (χ2v) is 7.87. The zero-order chi connectivity index (χ0) is 24.8. The van der Waals surface area contributed by atoms with E-state index in [0.29, 0.717) is 18.1 Å². The average molecular weight is 484 g/mol. The van der Waals surface area contributed by atoms with E-state index < -0.39 is 35.5 Å². The lowest BCUT2D eigenvalue weighted by molar-refractivity contribution is -0.147. The van der Waals surface area contributed by atoms with Gasteiger partial charge in [-0.15, -0.1) is 10.2 Å². The smallest absolute Gasteiger partial charge is 0.451 e. The van der Waals surface area contributed by atoms with E-state index in [2.05, 4.69) is 20.2 Å². The van der Waals surface area contributed by atoms with Crippen LogP contribution in [-0.4, -0.2) is 37.1 Å². The number of aryl methyl sites for hydroxylation is 2. The minimum atomic E-state index is -4.62. The van der Waals surface area contributed by atoms with Gasteiger partial charge >= 0.3 is 12.4 Å². The van der Waals surface area contributed by atoms with Crippen molar-refractivity contribution >= 4 is 12.0 Å². The number of nitrogens with zero attached hydrogens (tertiary/aromatic N) is 5. The Bertz CT molecular complexity index is 1240. The number of alkyl halides is 6. The number of halogens is 6. The van der Waals surface area contributed by atoms with Crippen molar-refractivity contribution in [2.45, 2.75) is 44.7 Å². The van der Waals surface area contributed by atoms with Crippen LogP contribution in [-0.2, 0) is 25.3 Å². The molecule has 2 aromatic heterocycles. The van der Waals surface area contributed by atoms with E-state index in [0.717, 1.165) is 10.6 Å². The van der Waals surface area contributed by atoms with Crippen LogP contribution in [0, 0.1) is 6.92 Å². The number of phenols is 1. The molecule has 3 heterocycles. The molecule has 3 N–H and O–H groups in total. The van der Waals surface area contributed by atoms with E-state index >= 15 is 0 Å². The lowest BCUT2D eigenvalue weighted by Gasteiger charge is -2.21. The number of aromatic hydroxyl groups is 1. The second-order valence-electron chi connectivity index (χ2n) is 7.87.